The van der Waals surface area contributed by atoms with E-state index in [9.17, 15) is 0 Å². The molecule has 2 atom stereocenters. The normalized spacial score (nSPS) is 17.2. The van der Waals surface area contributed by atoms with E-state index in [0.29, 0.717) is 0 Å². The predicted molar refractivity (Wildman–Crippen MR) is 355 cm³/mol. The Kier molecular flexibility index (Phi) is 33.0. The second-order valence-corrected chi connectivity index (χ2v) is 21.1. The first-order chi connectivity index (χ1) is 36.8. The van der Waals surface area contributed by atoms with Crippen LogP contribution in [0.15, 0.2) is 206 Å². The molecule has 3 heteroatoms. The molecule has 2 heterocycles. The molecule has 0 saturated heterocycles. The first kappa shape index (κ1) is 75.5. The van der Waals surface area contributed by atoms with Crippen molar-refractivity contribution in [2.45, 2.75) is 185 Å². The molecule has 435 valence electrons. The molecule has 2 aliphatic carbocycles. The third-order valence-electron chi connectivity index (χ3n) is 14.8. The van der Waals surface area contributed by atoms with Crippen LogP contribution in [0, 0.1) is 42.5 Å². The average molecular weight is 1160 g/mol. The SMILES string of the molecule is C.C.CC.CC.CC.CC.Cc1ccc2c(c1)C1(CC2(C)C)CC(C)(C)c2ccc(C)cc21.Cc1ccccc1.Cc1ccccc1.[CH3-].[CH3-].[Y].c1ccc(C2CC3(CC(c4ccccc4)c4ccccc4O3)Oc3ccccc32)cc1. The zero-order chi connectivity index (χ0) is 55.5. The Hall–Kier alpha value is -5.54. The zero-order valence-corrected chi connectivity index (χ0v) is 54.8. The Labute approximate surface area is 522 Å². The van der Waals surface area contributed by atoms with E-state index in [-0.39, 0.29) is 90.5 Å². The summed E-state index contributed by atoms with van der Waals surface area (Å²) in [6, 6.07) is 73.1. The van der Waals surface area contributed by atoms with Gasteiger partial charge in [-0.25, -0.2) is 0 Å². The fourth-order valence-corrected chi connectivity index (χ4v) is 11.8. The molecule has 4 aliphatic rings. The van der Waals surface area contributed by atoms with E-state index in [1.165, 1.54) is 57.3 Å². The number of ether oxygens (including phenoxy) is 2. The Morgan fingerprint density at radius 3 is 0.926 bits per heavy atom. The molecule has 0 amide bonds. The number of hydrogen-bond acceptors (Lipinski definition) is 2. The standard InChI is InChI=1S/C29H24O2.C23H28.2C7H8.4C2H6.2CH4.2CH3.Y/c1-3-11-21(12-4-1)25-19-29(30-27-17-9-7-15-23(25)27)20-26(22-13-5-2-6-14-22)24-16-8-10-18-28(24)31-29;1-15-7-9-17-19(11-15)23(13-21(17,3)4)14-22(5,6)18-10-8-16(2)12-20(18)23;2*1-7-5-3-2-4-6-7;4*1-2;;;;;/h1-18,25-26H,19-20H2;7-12H,13-14H2,1-6H3;2*2-6H,1H3;4*1-2H3;2*1H4;2*1H3;/q;;;;;;;;;;2*-1;. The molecule has 2 unspecified atom stereocenters. The van der Waals surface area contributed by atoms with E-state index < -0.39 is 5.79 Å². The van der Waals surface area contributed by atoms with Gasteiger partial charge in [0.05, 0.1) is 0 Å². The van der Waals surface area contributed by atoms with Crippen LogP contribution in [-0.4, -0.2) is 5.79 Å². The van der Waals surface area contributed by atoms with E-state index in [1.54, 1.807) is 22.3 Å². The number of para-hydroxylation sites is 2. The van der Waals surface area contributed by atoms with Gasteiger partial charge in [0.1, 0.15) is 11.5 Å². The summed E-state index contributed by atoms with van der Waals surface area (Å²) in [5, 5.41) is 0. The van der Waals surface area contributed by atoms with Crippen LogP contribution in [0.25, 0.3) is 0 Å². The first-order valence-electron chi connectivity index (χ1n) is 28.7. The van der Waals surface area contributed by atoms with Crippen molar-refractivity contribution < 1.29 is 42.2 Å². The average Bonchev–Trinajstić information content (AvgIpc) is 3.82. The Balaban J connectivity index is 0.00000113. The van der Waals surface area contributed by atoms with Crippen LogP contribution in [0.2, 0.25) is 0 Å². The van der Waals surface area contributed by atoms with E-state index in [2.05, 4.69) is 213 Å². The van der Waals surface area contributed by atoms with Gasteiger partial charge in [0.2, 0.25) is 0 Å². The second-order valence-electron chi connectivity index (χ2n) is 21.1. The minimum absolute atomic E-state index is 0. The molecule has 8 aromatic rings. The molecule has 0 N–H and O–H groups in total. The first-order valence-corrected chi connectivity index (χ1v) is 28.7. The summed E-state index contributed by atoms with van der Waals surface area (Å²) in [6.45, 7) is 34.3. The van der Waals surface area contributed by atoms with Crippen molar-refractivity contribution in [1.29, 1.82) is 0 Å². The van der Waals surface area contributed by atoms with Crippen LogP contribution in [0.5, 0.6) is 11.5 Å². The van der Waals surface area contributed by atoms with Gasteiger partial charge in [-0.2, -0.15) is 0 Å². The largest absolute Gasteiger partial charge is 0.452 e. The summed E-state index contributed by atoms with van der Waals surface area (Å²) in [4.78, 5) is 0. The third-order valence-corrected chi connectivity index (χ3v) is 14.8. The molecule has 0 bridgehead atoms. The second kappa shape index (κ2) is 35.5. The predicted octanol–water partition coefficient (Wildman–Crippen LogP) is 23.1. The van der Waals surface area contributed by atoms with Gasteiger partial charge in [-0.05, 0) is 96.9 Å². The maximum Gasteiger partial charge on any atom is 0.253 e. The number of hydrogen-bond donors (Lipinski definition) is 0. The van der Waals surface area contributed by atoms with Crippen LogP contribution in [0.4, 0.5) is 0 Å². The molecule has 1 radical (unpaired) electrons. The van der Waals surface area contributed by atoms with Gasteiger partial charge in [-0.1, -0.05) is 314 Å². The van der Waals surface area contributed by atoms with Crippen molar-refractivity contribution in [3.8, 4) is 11.5 Å². The Bertz CT molecular complexity index is 2750. The number of rotatable bonds is 2. The summed E-state index contributed by atoms with van der Waals surface area (Å²) in [5.41, 5.74) is 17.5. The van der Waals surface area contributed by atoms with E-state index >= 15 is 0 Å². The minimum Gasteiger partial charge on any atom is -0.452 e. The van der Waals surface area contributed by atoms with Gasteiger partial charge in [0.25, 0.3) is 5.79 Å². The fourth-order valence-electron chi connectivity index (χ4n) is 11.8. The molecule has 0 fully saturated rings. The maximum atomic E-state index is 6.70. The Morgan fingerprint density at radius 1 is 0.346 bits per heavy atom. The van der Waals surface area contributed by atoms with Crippen LogP contribution >= 0.6 is 0 Å². The van der Waals surface area contributed by atoms with Crippen LogP contribution in [0.3, 0.4) is 0 Å². The third kappa shape index (κ3) is 18.2. The molecular formula is C78H106O2Y-2. The van der Waals surface area contributed by atoms with Crippen molar-refractivity contribution in [3.63, 3.8) is 0 Å². The van der Waals surface area contributed by atoms with Crippen LogP contribution in [0.1, 0.15) is 202 Å². The maximum absolute atomic E-state index is 6.70. The van der Waals surface area contributed by atoms with Gasteiger partial charge >= 0.3 is 0 Å². The quantitative estimate of drug-likeness (QED) is 0.161. The smallest absolute Gasteiger partial charge is 0.253 e. The van der Waals surface area contributed by atoms with E-state index in [0.717, 1.165) is 24.3 Å². The van der Waals surface area contributed by atoms with E-state index in [4.69, 9.17) is 9.47 Å². The number of fused-ring (bicyclic) bond motifs is 6. The summed E-state index contributed by atoms with van der Waals surface area (Å²) in [7, 11) is 0. The van der Waals surface area contributed by atoms with E-state index in [1.807, 2.05) is 104 Å². The molecule has 12 rings (SSSR count). The monoisotopic (exact) mass is 1160 g/mol. The molecule has 0 aromatic heterocycles. The van der Waals surface area contributed by atoms with Crippen LogP contribution in [-0.2, 0) is 49.0 Å². The zero-order valence-electron chi connectivity index (χ0n) is 52.0. The van der Waals surface area contributed by atoms with Gasteiger partial charge < -0.3 is 24.3 Å². The van der Waals surface area contributed by atoms with Gasteiger partial charge in [0, 0.05) is 73.9 Å². The molecule has 2 aliphatic heterocycles. The fraction of sp³-hybridized carbons (Fsp3) is 0.359. The van der Waals surface area contributed by atoms with Gasteiger partial charge in [-0.3, -0.25) is 0 Å². The van der Waals surface area contributed by atoms with Crippen molar-refractivity contribution in [2.24, 2.45) is 0 Å². The summed E-state index contributed by atoms with van der Waals surface area (Å²) >= 11 is 0. The van der Waals surface area contributed by atoms with Crippen LogP contribution < -0.4 is 9.47 Å². The molecule has 0 saturated carbocycles. The summed E-state index contributed by atoms with van der Waals surface area (Å²) < 4.78 is 13.4. The van der Waals surface area contributed by atoms with Gasteiger partial charge in [0.15, 0.2) is 0 Å². The van der Waals surface area contributed by atoms with Crippen molar-refractivity contribution in [3.05, 3.63) is 288 Å². The molecule has 81 heavy (non-hydrogen) atoms. The summed E-state index contributed by atoms with van der Waals surface area (Å²) in [6.07, 6.45) is 4.04. The van der Waals surface area contributed by atoms with Crippen molar-refractivity contribution >= 4 is 0 Å². The Morgan fingerprint density at radius 2 is 0.630 bits per heavy atom. The molecule has 2 nitrogen and oxygen atoms in total. The molecular weight excluding hydrogens is 1060 g/mol. The minimum atomic E-state index is -0.705. The van der Waals surface area contributed by atoms with Gasteiger partial charge in [-0.15, -0.1) is 0 Å². The number of aryl methyl sites for hydroxylation is 4. The molecule has 2 spiro atoms. The van der Waals surface area contributed by atoms with Crippen molar-refractivity contribution in [1.82, 2.24) is 0 Å². The topological polar surface area (TPSA) is 18.5 Å². The summed E-state index contributed by atoms with van der Waals surface area (Å²) in [5.74, 6) is 1.60. The van der Waals surface area contributed by atoms with Crippen molar-refractivity contribution in [2.75, 3.05) is 0 Å². The number of benzene rings is 8. The molecule has 8 aromatic carbocycles.